The molecule has 0 saturated carbocycles. The van der Waals surface area contributed by atoms with Crippen molar-refractivity contribution >= 4 is 5.91 Å². The Kier molecular flexibility index (Phi) is 3.22. The number of amides is 1. The largest absolute Gasteiger partial charge is 0.375 e. The van der Waals surface area contributed by atoms with Gasteiger partial charge in [-0.15, -0.1) is 0 Å². The van der Waals surface area contributed by atoms with Gasteiger partial charge >= 0.3 is 0 Å². The van der Waals surface area contributed by atoms with Gasteiger partial charge < -0.3 is 15.8 Å². The first-order chi connectivity index (χ1) is 7.72. The van der Waals surface area contributed by atoms with Gasteiger partial charge in [0.05, 0.1) is 12.1 Å². The van der Waals surface area contributed by atoms with Crippen molar-refractivity contribution in [3.05, 3.63) is 35.4 Å². The van der Waals surface area contributed by atoms with Crippen LogP contribution in [0.4, 0.5) is 0 Å². The number of nitrogens with two attached hydrogens (primary N) is 1. The molecule has 1 aromatic carbocycles. The Labute approximate surface area is 94.8 Å². The molecule has 1 aliphatic carbocycles. The molecule has 2 rings (SSSR count). The lowest BCUT2D eigenvalue weighted by Gasteiger charge is -2.17. The third kappa shape index (κ3) is 2.08. The Hall–Kier alpha value is -1.39. The van der Waals surface area contributed by atoms with Gasteiger partial charge in [-0.3, -0.25) is 4.79 Å². The van der Waals surface area contributed by atoms with Crippen molar-refractivity contribution in [3.63, 3.8) is 0 Å². The van der Waals surface area contributed by atoms with Crippen LogP contribution in [0.5, 0.6) is 0 Å². The van der Waals surface area contributed by atoms with E-state index in [9.17, 15) is 4.79 Å². The maximum atomic E-state index is 11.4. The van der Waals surface area contributed by atoms with Crippen molar-refractivity contribution in [1.82, 2.24) is 5.32 Å². The number of methoxy groups -OCH3 is 1. The van der Waals surface area contributed by atoms with Crippen LogP contribution in [-0.4, -0.2) is 25.7 Å². The summed E-state index contributed by atoms with van der Waals surface area (Å²) in [6.45, 7) is 0.0829. The average molecular weight is 220 g/mol. The van der Waals surface area contributed by atoms with Crippen molar-refractivity contribution in [2.45, 2.75) is 18.5 Å². The second-order valence-electron chi connectivity index (χ2n) is 4.04. The number of carbonyl (C=O) groups is 1. The maximum absolute atomic E-state index is 11.4. The lowest BCUT2D eigenvalue weighted by atomic mass is 10.1. The second kappa shape index (κ2) is 4.63. The van der Waals surface area contributed by atoms with E-state index >= 15 is 0 Å². The zero-order valence-electron chi connectivity index (χ0n) is 9.27. The second-order valence-corrected chi connectivity index (χ2v) is 4.04. The molecule has 3 N–H and O–H groups in total. The molecule has 2 atom stereocenters. The fourth-order valence-corrected chi connectivity index (χ4v) is 2.15. The first-order valence-electron chi connectivity index (χ1n) is 5.34. The molecule has 0 fully saturated rings. The van der Waals surface area contributed by atoms with Crippen LogP contribution in [0.15, 0.2) is 24.3 Å². The summed E-state index contributed by atoms with van der Waals surface area (Å²) in [5.74, 6) is -0.115. The molecule has 16 heavy (non-hydrogen) atoms. The third-order valence-corrected chi connectivity index (χ3v) is 2.91. The predicted octanol–water partition coefficient (Wildman–Crippen LogP) is 0.374. The van der Waals surface area contributed by atoms with E-state index in [4.69, 9.17) is 10.5 Å². The SMILES string of the molecule is COCC(=O)NC1Cc2ccccc2[C@H]1N. The van der Waals surface area contributed by atoms with Crippen molar-refractivity contribution in [1.29, 1.82) is 0 Å². The van der Waals surface area contributed by atoms with Crippen LogP contribution in [0.2, 0.25) is 0 Å². The molecular weight excluding hydrogens is 204 g/mol. The van der Waals surface area contributed by atoms with Gasteiger partial charge in [0.15, 0.2) is 0 Å². The van der Waals surface area contributed by atoms with Gasteiger partial charge in [0.25, 0.3) is 0 Å². The first kappa shape index (κ1) is 11.1. The highest BCUT2D eigenvalue weighted by Crippen LogP contribution is 2.29. The van der Waals surface area contributed by atoms with E-state index in [0.717, 1.165) is 12.0 Å². The van der Waals surface area contributed by atoms with E-state index in [1.165, 1.54) is 12.7 Å². The number of carbonyl (C=O) groups excluding carboxylic acids is 1. The maximum Gasteiger partial charge on any atom is 0.246 e. The predicted molar refractivity (Wildman–Crippen MR) is 60.9 cm³/mol. The van der Waals surface area contributed by atoms with E-state index in [1.807, 2.05) is 18.2 Å². The number of hydrogen-bond donors (Lipinski definition) is 2. The standard InChI is InChI=1S/C12H16N2O2/c1-16-7-11(15)14-10-6-8-4-2-3-5-9(8)12(10)13/h2-5,10,12H,6-7,13H2,1H3,(H,14,15)/t10?,12-/m1/s1. The summed E-state index contributed by atoms with van der Waals surface area (Å²) in [6.07, 6.45) is 0.798. The van der Waals surface area contributed by atoms with Gasteiger partial charge in [-0.1, -0.05) is 24.3 Å². The molecule has 1 aromatic rings. The molecule has 4 heteroatoms. The third-order valence-electron chi connectivity index (χ3n) is 2.91. The molecule has 1 aliphatic rings. The molecule has 1 amide bonds. The number of benzene rings is 1. The molecule has 86 valence electrons. The Morgan fingerprint density at radius 1 is 1.56 bits per heavy atom. The van der Waals surface area contributed by atoms with Gasteiger partial charge in [-0.05, 0) is 17.5 Å². The van der Waals surface area contributed by atoms with Crippen molar-refractivity contribution in [2.24, 2.45) is 5.73 Å². The molecule has 0 spiro atoms. The average Bonchev–Trinajstić information content (AvgIpc) is 2.57. The first-order valence-corrected chi connectivity index (χ1v) is 5.34. The van der Waals surface area contributed by atoms with Gasteiger partial charge in [-0.25, -0.2) is 0 Å². The molecule has 0 radical (unpaired) electrons. The summed E-state index contributed by atoms with van der Waals surface area (Å²) in [5.41, 5.74) is 8.43. The number of hydrogen-bond acceptors (Lipinski definition) is 3. The minimum atomic E-state index is -0.115. The summed E-state index contributed by atoms with van der Waals surface area (Å²) in [7, 11) is 1.50. The highest BCUT2D eigenvalue weighted by atomic mass is 16.5. The molecule has 4 nitrogen and oxygen atoms in total. The summed E-state index contributed by atoms with van der Waals surface area (Å²) in [4.78, 5) is 11.4. The molecule has 0 bridgehead atoms. The molecule has 0 heterocycles. The van der Waals surface area contributed by atoms with Gasteiger partial charge in [0, 0.05) is 7.11 Å². The van der Waals surface area contributed by atoms with Crippen molar-refractivity contribution in [3.8, 4) is 0 Å². The van der Waals surface area contributed by atoms with E-state index in [1.54, 1.807) is 0 Å². The minimum absolute atomic E-state index is 0.0138. The molecule has 1 unspecified atom stereocenters. The normalized spacial score (nSPS) is 22.9. The van der Waals surface area contributed by atoms with Crippen LogP contribution in [0.25, 0.3) is 0 Å². The van der Waals surface area contributed by atoms with E-state index in [0.29, 0.717) is 0 Å². The Morgan fingerprint density at radius 2 is 2.31 bits per heavy atom. The smallest absolute Gasteiger partial charge is 0.246 e. The molecule has 0 saturated heterocycles. The minimum Gasteiger partial charge on any atom is -0.375 e. The lowest BCUT2D eigenvalue weighted by molar-refractivity contribution is -0.125. The Morgan fingerprint density at radius 3 is 3.00 bits per heavy atom. The number of ether oxygens (including phenoxy) is 1. The van der Waals surface area contributed by atoms with Crippen LogP contribution in [0.1, 0.15) is 17.2 Å². The molecule has 0 aromatic heterocycles. The highest BCUT2D eigenvalue weighted by Gasteiger charge is 2.30. The van der Waals surface area contributed by atoms with Crippen LogP contribution >= 0.6 is 0 Å². The fraction of sp³-hybridized carbons (Fsp3) is 0.417. The summed E-state index contributed by atoms with van der Waals surface area (Å²) in [5, 5.41) is 2.89. The number of rotatable bonds is 3. The van der Waals surface area contributed by atoms with Crippen molar-refractivity contribution < 1.29 is 9.53 Å². The van der Waals surface area contributed by atoms with E-state index < -0.39 is 0 Å². The van der Waals surface area contributed by atoms with E-state index in [2.05, 4.69) is 11.4 Å². The molecular formula is C12H16N2O2. The van der Waals surface area contributed by atoms with Gasteiger partial charge in [0.2, 0.25) is 5.91 Å². The van der Waals surface area contributed by atoms with Crippen LogP contribution in [-0.2, 0) is 16.0 Å². The van der Waals surface area contributed by atoms with Crippen LogP contribution in [0, 0.1) is 0 Å². The monoisotopic (exact) mass is 220 g/mol. The quantitative estimate of drug-likeness (QED) is 0.773. The topological polar surface area (TPSA) is 64.3 Å². The summed E-state index contributed by atoms with van der Waals surface area (Å²) < 4.78 is 4.77. The summed E-state index contributed by atoms with van der Waals surface area (Å²) >= 11 is 0. The van der Waals surface area contributed by atoms with Gasteiger partial charge in [-0.2, -0.15) is 0 Å². The van der Waals surface area contributed by atoms with Crippen LogP contribution in [0.3, 0.4) is 0 Å². The van der Waals surface area contributed by atoms with E-state index in [-0.39, 0.29) is 24.6 Å². The van der Waals surface area contributed by atoms with Gasteiger partial charge in [0.1, 0.15) is 6.61 Å². The lowest BCUT2D eigenvalue weighted by Crippen LogP contribution is -2.42. The fourth-order valence-electron chi connectivity index (χ4n) is 2.15. The number of fused-ring (bicyclic) bond motifs is 1. The van der Waals surface area contributed by atoms with Crippen LogP contribution < -0.4 is 11.1 Å². The zero-order chi connectivity index (χ0) is 11.5. The Bertz CT molecular complexity index is 392. The summed E-state index contributed by atoms with van der Waals surface area (Å²) in [6, 6.07) is 7.90. The molecule has 0 aliphatic heterocycles. The highest BCUT2D eigenvalue weighted by molar-refractivity contribution is 5.77. The Balaban J connectivity index is 2.04. The zero-order valence-corrected chi connectivity index (χ0v) is 9.27. The number of nitrogens with one attached hydrogen (secondary N) is 1. The van der Waals surface area contributed by atoms with Crippen molar-refractivity contribution in [2.75, 3.05) is 13.7 Å².